The van der Waals surface area contributed by atoms with Crippen molar-refractivity contribution in [3.05, 3.63) is 52.6 Å². The van der Waals surface area contributed by atoms with E-state index in [1.165, 1.54) is 23.9 Å². The van der Waals surface area contributed by atoms with Crippen LogP contribution >= 0.6 is 0 Å². The number of esters is 1. The molecule has 0 radical (unpaired) electrons. The summed E-state index contributed by atoms with van der Waals surface area (Å²) in [7, 11) is 1.24. The quantitative estimate of drug-likeness (QED) is 0.633. The monoisotopic (exact) mass is 276 g/mol. The van der Waals surface area contributed by atoms with Crippen LogP contribution in [-0.2, 0) is 11.3 Å². The molecule has 0 aliphatic heterocycles. The number of aldehydes is 1. The fourth-order valence-corrected chi connectivity index (χ4v) is 1.82. The zero-order valence-electron chi connectivity index (χ0n) is 11.1. The minimum absolute atomic E-state index is 0.152. The fourth-order valence-electron chi connectivity index (χ4n) is 1.82. The molecule has 0 saturated carbocycles. The summed E-state index contributed by atoms with van der Waals surface area (Å²) in [6.45, 7) is 1.89. The van der Waals surface area contributed by atoms with E-state index in [1.54, 1.807) is 13.1 Å². The molecule has 104 valence electrons. The Bertz CT molecular complexity index is 664. The summed E-state index contributed by atoms with van der Waals surface area (Å²) in [6, 6.07) is 4.11. The molecule has 0 aliphatic carbocycles. The van der Waals surface area contributed by atoms with Gasteiger partial charge in [0.05, 0.1) is 30.5 Å². The normalized spacial score (nSPS) is 10.3. The van der Waals surface area contributed by atoms with Crippen LogP contribution in [0.1, 0.15) is 32.0 Å². The predicted molar refractivity (Wildman–Crippen MR) is 69.2 cm³/mol. The number of hydrogen-bond donors (Lipinski definition) is 0. The second kappa shape index (κ2) is 5.64. The molecule has 0 fully saturated rings. The number of nitrogens with zero attached hydrogens (tertiary/aromatic N) is 2. The van der Waals surface area contributed by atoms with Crippen LogP contribution in [0, 0.1) is 12.7 Å². The highest BCUT2D eigenvalue weighted by atomic mass is 19.1. The van der Waals surface area contributed by atoms with Gasteiger partial charge in [0.15, 0.2) is 6.29 Å². The van der Waals surface area contributed by atoms with Crippen LogP contribution in [0.15, 0.2) is 24.4 Å². The van der Waals surface area contributed by atoms with Gasteiger partial charge in [-0.15, -0.1) is 0 Å². The van der Waals surface area contributed by atoms with Gasteiger partial charge in [0.25, 0.3) is 0 Å². The molecule has 2 aromatic rings. The van der Waals surface area contributed by atoms with Gasteiger partial charge in [0, 0.05) is 11.8 Å². The molecule has 0 atom stereocenters. The van der Waals surface area contributed by atoms with Gasteiger partial charge in [0.2, 0.25) is 0 Å². The lowest BCUT2D eigenvalue weighted by molar-refractivity contribution is 0.0600. The number of halogens is 1. The first kappa shape index (κ1) is 13.9. The molecular formula is C14H13FN2O3. The van der Waals surface area contributed by atoms with Crippen molar-refractivity contribution >= 4 is 12.3 Å². The molecule has 0 spiro atoms. The van der Waals surface area contributed by atoms with Crippen LogP contribution in [0.25, 0.3) is 0 Å². The maximum Gasteiger partial charge on any atom is 0.337 e. The number of aryl methyl sites for hydroxylation is 1. The molecule has 0 N–H and O–H groups in total. The van der Waals surface area contributed by atoms with E-state index < -0.39 is 11.8 Å². The van der Waals surface area contributed by atoms with Gasteiger partial charge >= 0.3 is 5.97 Å². The highest BCUT2D eigenvalue weighted by molar-refractivity contribution is 5.89. The number of rotatable bonds is 4. The zero-order chi connectivity index (χ0) is 14.7. The summed E-state index contributed by atoms with van der Waals surface area (Å²) >= 11 is 0. The summed E-state index contributed by atoms with van der Waals surface area (Å²) in [5.41, 5.74) is 1.58. The van der Waals surface area contributed by atoms with Crippen molar-refractivity contribution in [2.45, 2.75) is 13.5 Å². The average molecular weight is 276 g/mol. The number of hydrogen-bond acceptors (Lipinski definition) is 4. The smallest absolute Gasteiger partial charge is 0.337 e. The van der Waals surface area contributed by atoms with Gasteiger partial charge in [-0.1, -0.05) is 6.07 Å². The van der Waals surface area contributed by atoms with E-state index in [4.69, 9.17) is 0 Å². The third-order valence-corrected chi connectivity index (χ3v) is 2.92. The van der Waals surface area contributed by atoms with Crippen molar-refractivity contribution in [1.29, 1.82) is 0 Å². The first-order valence-electron chi connectivity index (χ1n) is 5.91. The molecule has 1 aromatic carbocycles. The highest BCUT2D eigenvalue weighted by Crippen LogP contribution is 2.13. The molecule has 20 heavy (non-hydrogen) atoms. The van der Waals surface area contributed by atoms with E-state index in [2.05, 4.69) is 9.84 Å². The van der Waals surface area contributed by atoms with Gasteiger partial charge < -0.3 is 4.74 Å². The predicted octanol–water partition coefficient (Wildman–Crippen LogP) is 1.98. The Balaban J connectivity index is 2.25. The van der Waals surface area contributed by atoms with E-state index in [0.29, 0.717) is 23.1 Å². The first-order valence-corrected chi connectivity index (χ1v) is 5.91. The van der Waals surface area contributed by atoms with E-state index in [0.717, 1.165) is 6.07 Å². The maximum absolute atomic E-state index is 13.9. The van der Waals surface area contributed by atoms with E-state index in [9.17, 15) is 14.0 Å². The Kier molecular flexibility index (Phi) is 3.93. The number of ether oxygens (including phenoxy) is 1. The van der Waals surface area contributed by atoms with E-state index >= 15 is 0 Å². The van der Waals surface area contributed by atoms with Crippen LogP contribution in [-0.4, -0.2) is 29.1 Å². The highest BCUT2D eigenvalue weighted by Gasteiger charge is 2.11. The second-order valence-electron chi connectivity index (χ2n) is 4.28. The Morgan fingerprint density at radius 3 is 2.80 bits per heavy atom. The van der Waals surface area contributed by atoms with Gasteiger partial charge in [-0.05, 0) is 19.1 Å². The first-order chi connectivity index (χ1) is 9.55. The van der Waals surface area contributed by atoms with Crippen LogP contribution in [0.4, 0.5) is 4.39 Å². The minimum Gasteiger partial charge on any atom is -0.465 e. The summed E-state index contributed by atoms with van der Waals surface area (Å²) in [6.07, 6.45) is 2.26. The molecular weight excluding hydrogens is 263 g/mol. The lowest BCUT2D eigenvalue weighted by atomic mass is 10.1. The zero-order valence-corrected chi connectivity index (χ0v) is 11.1. The SMILES string of the molecule is COC(=O)c1ccc(Cn2cc(C=O)c(C)n2)c(F)c1. The topological polar surface area (TPSA) is 61.2 Å². The Morgan fingerprint density at radius 2 is 2.25 bits per heavy atom. The standard InChI is InChI=1S/C14H13FN2O3/c1-9-12(8-18)7-17(16-9)6-11-4-3-10(5-13(11)15)14(19)20-2/h3-5,7-8H,6H2,1-2H3. The molecule has 1 heterocycles. The molecule has 2 rings (SSSR count). The van der Waals surface area contributed by atoms with Crippen molar-refractivity contribution in [1.82, 2.24) is 9.78 Å². The molecule has 6 heteroatoms. The van der Waals surface area contributed by atoms with Crippen LogP contribution in [0.5, 0.6) is 0 Å². The van der Waals surface area contributed by atoms with Crippen LogP contribution in [0.3, 0.4) is 0 Å². The van der Waals surface area contributed by atoms with Crippen LogP contribution in [0.2, 0.25) is 0 Å². The molecule has 0 aliphatic rings. The molecule has 0 unspecified atom stereocenters. The molecule has 1 aromatic heterocycles. The summed E-state index contributed by atoms with van der Waals surface area (Å²) < 4.78 is 19.9. The summed E-state index contributed by atoms with van der Waals surface area (Å²) in [4.78, 5) is 22.0. The van der Waals surface area contributed by atoms with E-state index in [-0.39, 0.29) is 12.1 Å². The van der Waals surface area contributed by atoms with Crippen LogP contribution < -0.4 is 0 Å². The molecule has 0 bridgehead atoms. The fraction of sp³-hybridized carbons (Fsp3) is 0.214. The Hall–Kier alpha value is -2.50. The average Bonchev–Trinajstić information content (AvgIpc) is 2.80. The Labute approximate surface area is 115 Å². The third-order valence-electron chi connectivity index (χ3n) is 2.92. The number of carbonyl (C=O) groups is 2. The van der Waals surface area contributed by atoms with Crippen molar-refractivity contribution < 1.29 is 18.7 Å². The van der Waals surface area contributed by atoms with E-state index in [1.807, 2.05) is 0 Å². The Morgan fingerprint density at radius 1 is 1.50 bits per heavy atom. The lowest BCUT2D eigenvalue weighted by Crippen LogP contribution is -2.06. The second-order valence-corrected chi connectivity index (χ2v) is 4.28. The third kappa shape index (κ3) is 2.74. The van der Waals surface area contributed by atoms with Gasteiger partial charge in [-0.2, -0.15) is 5.10 Å². The minimum atomic E-state index is -0.589. The molecule has 0 amide bonds. The largest absolute Gasteiger partial charge is 0.465 e. The van der Waals surface area contributed by atoms with Gasteiger partial charge in [-0.25, -0.2) is 9.18 Å². The number of aromatic nitrogens is 2. The number of carbonyl (C=O) groups excluding carboxylic acids is 2. The van der Waals surface area contributed by atoms with Crippen molar-refractivity contribution in [3.63, 3.8) is 0 Å². The van der Waals surface area contributed by atoms with Gasteiger partial charge in [-0.3, -0.25) is 9.48 Å². The van der Waals surface area contributed by atoms with Crippen molar-refractivity contribution in [2.75, 3.05) is 7.11 Å². The molecule has 5 nitrogen and oxygen atoms in total. The maximum atomic E-state index is 13.9. The van der Waals surface area contributed by atoms with Gasteiger partial charge in [0.1, 0.15) is 5.82 Å². The lowest BCUT2D eigenvalue weighted by Gasteiger charge is -2.05. The van der Waals surface area contributed by atoms with Crippen molar-refractivity contribution in [2.24, 2.45) is 0 Å². The summed E-state index contributed by atoms with van der Waals surface area (Å²) in [5, 5.41) is 4.12. The summed E-state index contributed by atoms with van der Waals surface area (Å²) in [5.74, 6) is -1.11. The number of benzene rings is 1. The molecule has 0 saturated heterocycles. The van der Waals surface area contributed by atoms with Crippen molar-refractivity contribution in [3.8, 4) is 0 Å². The number of methoxy groups -OCH3 is 1.